The van der Waals surface area contributed by atoms with Crippen molar-refractivity contribution < 1.29 is 23.0 Å². The second kappa shape index (κ2) is 2.94. The van der Waals surface area contributed by atoms with Crippen molar-refractivity contribution in [3.05, 3.63) is 0 Å². The maximum atomic E-state index is 12.8. The van der Waals surface area contributed by atoms with Gasteiger partial charge in [0.25, 0.3) is 0 Å². The summed E-state index contributed by atoms with van der Waals surface area (Å²) in [6.45, 7) is -0.0176. The number of nitrogens with zero attached hydrogens (tertiary/aromatic N) is 1. The average molecular weight is 179 g/mol. The van der Waals surface area contributed by atoms with Gasteiger partial charge < -0.3 is 14.2 Å². The number of hydrogen-bond acceptors (Lipinski definition) is 4. The molecule has 0 saturated carbocycles. The fourth-order valence-corrected chi connectivity index (χ4v) is 0.890. The Morgan fingerprint density at radius 1 is 1.50 bits per heavy atom. The molecule has 0 spiro atoms. The third kappa shape index (κ3) is 1.16. The van der Waals surface area contributed by atoms with Gasteiger partial charge in [-0.05, 0) is 0 Å². The highest BCUT2D eigenvalue weighted by Crippen LogP contribution is 2.36. The molecule has 1 aliphatic rings. The van der Waals surface area contributed by atoms with Crippen LogP contribution >= 0.6 is 0 Å². The smallest absolute Gasteiger partial charge is 0.325 e. The largest absolute Gasteiger partial charge is 0.411 e. The highest BCUT2D eigenvalue weighted by atomic mass is 19.3. The van der Waals surface area contributed by atoms with Gasteiger partial charge in [-0.25, -0.2) is 0 Å². The molecule has 0 aromatic heterocycles. The maximum absolute atomic E-state index is 12.8. The molecule has 1 rings (SSSR count). The van der Waals surface area contributed by atoms with E-state index < -0.39 is 11.9 Å². The lowest BCUT2D eigenvalue weighted by Crippen LogP contribution is -2.49. The van der Waals surface area contributed by atoms with E-state index in [1.54, 1.807) is 0 Å². The zero-order chi connectivity index (χ0) is 9.24. The Labute approximate surface area is 67.6 Å². The first-order valence-corrected chi connectivity index (χ1v) is 3.20. The van der Waals surface area contributed by atoms with Gasteiger partial charge in [0.05, 0.1) is 13.2 Å². The van der Waals surface area contributed by atoms with E-state index in [9.17, 15) is 8.78 Å². The van der Waals surface area contributed by atoms with E-state index in [4.69, 9.17) is 5.26 Å². The van der Waals surface area contributed by atoms with Gasteiger partial charge >= 0.3 is 11.9 Å². The summed E-state index contributed by atoms with van der Waals surface area (Å²) in [5.41, 5.74) is 0. The van der Waals surface area contributed by atoms with Crippen molar-refractivity contribution in [1.82, 2.24) is 0 Å². The molecule has 0 aromatic carbocycles. The van der Waals surface area contributed by atoms with Gasteiger partial charge in [-0.2, -0.15) is 14.0 Å². The van der Waals surface area contributed by atoms with Crippen LogP contribution < -0.4 is 0 Å². The molecule has 0 atom stereocenters. The first kappa shape index (κ1) is 9.32. The molecular formula is C6H7F2NO3. The Kier molecular flexibility index (Phi) is 2.28. The standard InChI is InChI=1S/C6H7F2NO3/c1-10-6(5(7,8)4-9)11-2-3-12-6/h2-3H2,1H3. The highest BCUT2D eigenvalue weighted by molar-refractivity contribution is 5.00. The molecule has 1 fully saturated rings. The lowest BCUT2D eigenvalue weighted by molar-refractivity contribution is -0.392. The van der Waals surface area contributed by atoms with Crippen molar-refractivity contribution in [2.24, 2.45) is 0 Å². The third-order valence-corrected chi connectivity index (χ3v) is 1.46. The van der Waals surface area contributed by atoms with Crippen molar-refractivity contribution in [3.8, 4) is 6.07 Å². The van der Waals surface area contributed by atoms with Crippen LogP contribution in [0.5, 0.6) is 0 Å². The van der Waals surface area contributed by atoms with Crippen LogP contribution in [-0.2, 0) is 14.2 Å². The fourth-order valence-electron chi connectivity index (χ4n) is 0.890. The Morgan fingerprint density at radius 3 is 2.33 bits per heavy atom. The van der Waals surface area contributed by atoms with Crippen LogP contribution in [0.4, 0.5) is 8.78 Å². The molecular weight excluding hydrogens is 172 g/mol. The number of halogens is 2. The Morgan fingerprint density at radius 2 is 2.00 bits per heavy atom. The fraction of sp³-hybridized carbons (Fsp3) is 0.833. The minimum absolute atomic E-state index is 0.00882. The van der Waals surface area contributed by atoms with E-state index in [0.29, 0.717) is 0 Å². The van der Waals surface area contributed by atoms with E-state index in [0.717, 1.165) is 13.2 Å². The molecule has 0 amide bonds. The molecule has 4 nitrogen and oxygen atoms in total. The summed E-state index contributed by atoms with van der Waals surface area (Å²) in [4.78, 5) is 0. The van der Waals surface area contributed by atoms with Gasteiger partial charge in [0.15, 0.2) is 0 Å². The van der Waals surface area contributed by atoms with Crippen LogP contribution in [0.2, 0.25) is 0 Å². The van der Waals surface area contributed by atoms with Crippen LogP contribution in [0.15, 0.2) is 0 Å². The molecule has 6 heteroatoms. The van der Waals surface area contributed by atoms with Crippen molar-refractivity contribution >= 4 is 0 Å². The van der Waals surface area contributed by atoms with Gasteiger partial charge in [-0.1, -0.05) is 0 Å². The van der Waals surface area contributed by atoms with Crippen molar-refractivity contribution in [1.29, 1.82) is 5.26 Å². The molecule has 0 radical (unpaired) electrons. The van der Waals surface area contributed by atoms with E-state index in [1.807, 2.05) is 0 Å². The van der Waals surface area contributed by atoms with E-state index in [1.165, 1.54) is 0 Å². The van der Waals surface area contributed by atoms with Crippen LogP contribution in [0.1, 0.15) is 0 Å². The van der Waals surface area contributed by atoms with Crippen molar-refractivity contribution in [2.45, 2.75) is 11.9 Å². The summed E-state index contributed by atoms with van der Waals surface area (Å²) in [5.74, 6) is -6.31. The number of ether oxygens (including phenoxy) is 3. The zero-order valence-corrected chi connectivity index (χ0v) is 6.34. The minimum atomic E-state index is -3.79. The predicted molar refractivity (Wildman–Crippen MR) is 32.2 cm³/mol. The second-order valence-electron chi connectivity index (χ2n) is 2.14. The molecule has 12 heavy (non-hydrogen) atoms. The van der Waals surface area contributed by atoms with Crippen LogP contribution in [0.25, 0.3) is 0 Å². The maximum Gasteiger partial charge on any atom is 0.411 e. The SMILES string of the molecule is COC1(C(F)(F)C#N)OCCO1. The van der Waals surface area contributed by atoms with Gasteiger partial charge in [0, 0.05) is 7.11 Å². The van der Waals surface area contributed by atoms with Crippen LogP contribution in [0.3, 0.4) is 0 Å². The van der Waals surface area contributed by atoms with Gasteiger partial charge in [-0.3, -0.25) is 0 Å². The number of alkyl halides is 2. The molecule has 1 saturated heterocycles. The molecule has 1 aliphatic heterocycles. The Bertz CT molecular complexity index is 207. The van der Waals surface area contributed by atoms with Crippen molar-refractivity contribution in [3.63, 3.8) is 0 Å². The number of methoxy groups -OCH3 is 1. The van der Waals surface area contributed by atoms with Gasteiger partial charge in [-0.15, -0.1) is 0 Å². The summed E-state index contributed by atoms with van der Waals surface area (Å²) in [6, 6.07) is 0.767. The predicted octanol–water partition coefficient (Wildman–Crippen LogP) is 0.492. The quantitative estimate of drug-likeness (QED) is 0.619. The highest BCUT2D eigenvalue weighted by Gasteiger charge is 2.61. The number of nitriles is 1. The Balaban J connectivity index is 2.87. The lowest BCUT2D eigenvalue weighted by Gasteiger charge is -2.27. The molecule has 0 bridgehead atoms. The summed E-state index contributed by atoms with van der Waals surface area (Å²) in [6.07, 6.45) is 0. The average Bonchev–Trinajstić information content (AvgIpc) is 2.53. The van der Waals surface area contributed by atoms with Gasteiger partial charge in [0.1, 0.15) is 6.07 Å². The normalized spacial score (nSPS) is 22.2. The minimum Gasteiger partial charge on any atom is -0.325 e. The van der Waals surface area contributed by atoms with Gasteiger partial charge in [0.2, 0.25) is 0 Å². The molecule has 0 unspecified atom stereocenters. The molecule has 0 aliphatic carbocycles. The van der Waals surface area contributed by atoms with E-state index in [-0.39, 0.29) is 13.2 Å². The monoisotopic (exact) mass is 179 g/mol. The summed E-state index contributed by atoms with van der Waals surface area (Å²) < 4.78 is 38.9. The van der Waals surface area contributed by atoms with E-state index in [2.05, 4.69) is 14.2 Å². The summed E-state index contributed by atoms with van der Waals surface area (Å²) in [5, 5.41) is 8.11. The molecule has 0 N–H and O–H groups in total. The first-order valence-electron chi connectivity index (χ1n) is 3.20. The van der Waals surface area contributed by atoms with Crippen molar-refractivity contribution in [2.75, 3.05) is 20.3 Å². The van der Waals surface area contributed by atoms with Crippen LogP contribution in [-0.4, -0.2) is 32.2 Å². The van der Waals surface area contributed by atoms with Crippen LogP contribution in [0, 0.1) is 11.3 Å². The summed E-state index contributed by atoms with van der Waals surface area (Å²) >= 11 is 0. The Hall–Kier alpha value is -0.770. The topological polar surface area (TPSA) is 51.5 Å². The second-order valence-corrected chi connectivity index (χ2v) is 2.14. The number of hydrogen-bond donors (Lipinski definition) is 0. The number of rotatable bonds is 2. The molecule has 1 heterocycles. The molecule has 68 valence electrons. The molecule has 0 aromatic rings. The van der Waals surface area contributed by atoms with E-state index >= 15 is 0 Å². The first-order chi connectivity index (χ1) is 5.58. The summed E-state index contributed by atoms with van der Waals surface area (Å²) in [7, 11) is 0.997. The lowest BCUT2D eigenvalue weighted by atomic mass is 10.3. The third-order valence-electron chi connectivity index (χ3n) is 1.46. The zero-order valence-electron chi connectivity index (χ0n) is 6.34.